The second kappa shape index (κ2) is 8.82. The fourth-order valence-corrected chi connectivity index (χ4v) is 3.89. The van der Waals surface area contributed by atoms with Crippen LogP contribution in [0, 0.1) is 0 Å². The number of carbonyl (C=O) groups excluding carboxylic acids is 2. The predicted molar refractivity (Wildman–Crippen MR) is 112 cm³/mol. The molecule has 0 fully saturated rings. The van der Waals surface area contributed by atoms with E-state index in [-0.39, 0.29) is 11.9 Å². The molecule has 29 heavy (non-hydrogen) atoms. The third-order valence-corrected chi connectivity index (χ3v) is 5.32. The number of carbonyl (C=O) groups is 2. The van der Waals surface area contributed by atoms with Crippen LogP contribution in [0.5, 0.6) is 0 Å². The van der Waals surface area contributed by atoms with Gasteiger partial charge in [0.15, 0.2) is 6.04 Å². The lowest BCUT2D eigenvalue weighted by molar-refractivity contribution is -0.157. The highest BCUT2D eigenvalue weighted by Gasteiger charge is 2.31. The Hall–Kier alpha value is -2.61. The standard InChI is InChI=1S/C21H25N3O4S/c1-21(2,3)28-19(25)14(10-13-8-6-5-7-9-13)17-22-11-15(23-17)18-24-16(12-29-18)20(26)27-4/h5-9,11,14,16H,10,12H2,1-4H3,(H,22,23)/t14-,16?/m0/s1. The summed E-state index contributed by atoms with van der Waals surface area (Å²) in [4.78, 5) is 36.7. The average Bonchev–Trinajstić information content (AvgIpc) is 3.34. The number of aliphatic imine (C=N–C) groups is 1. The molecule has 0 spiro atoms. The Bertz CT molecular complexity index is 902. The molecule has 1 aromatic carbocycles. The zero-order valence-electron chi connectivity index (χ0n) is 17.0. The van der Waals surface area contributed by atoms with Crippen molar-refractivity contribution in [2.75, 3.05) is 12.9 Å². The second-order valence-electron chi connectivity index (χ2n) is 7.73. The van der Waals surface area contributed by atoms with E-state index in [0.717, 1.165) is 5.56 Å². The highest BCUT2D eigenvalue weighted by molar-refractivity contribution is 8.14. The van der Waals surface area contributed by atoms with Crippen molar-refractivity contribution in [1.29, 1.82) is 0 Å². The zero-order chi connectivity index (χ0) is 21.0. The molecule has 154 valence electrons. The summed E-state index contributed by atoms with van der Waals surface area (Å²) in [7, 11) is 1.35. The quantitative estimate of drug-likeness (QED) is 0.729. The molecule has 0 amide bonds. The summed E-state index contributed by atoms with van der Waals surface area (Å²) in [5.41, 5.74) is 1.03. The van der Waals surface area contributed by atoms with Crippen molar-refractivity contribution in [2.45, 2.75) is 44.8 Å². The molecule has 2 aromatic rings. The van der Waals surface area contributed by atoms with Crippen LogP contribution in [0.3, 0.4) is 0 Å². The molecule has 1 unspecified atom stereocenters. The summed E-state index contributed by atoms with van der Waals surface area (Å²) >= 11 is 1.45. The average molecular weight is 416 g/mol. The van der Waals surface area contributed by atoms with E-state index in [1.807, 2.05) is 51.1 Å². The number of imidazole rings is 1. The predicted octanol–water partition coefficient (Wildman–Crippen LogP) is 3.11. The SMILES string of the molecule is COC(=O)C1CSC(c2c[nH]c([C@H](Cc3ccccc3)C(=O)OC(C)(C)C)n2)=N1. The molecule has 0 bridgehead atoms. The normalized spacial score (nSPS) is 17.5. The number of H-pyrrole nitrogens is 1. The molecule has 0 saturated heterocycles. The van der Waals surface area contributed by atoms with Crippen molar-refractivity contribution in [3.63, 3.8) is 0 Å². The van der Waals surface area contributed by atoms with Gasteiger partial charge in [-0.2, -0.15) is 0 Å². The molecule has 1 aliphatic heterocycles. The van der Waals surface area contributed by atoms with Crippen LogP contribution >= 0.6 is 11.8 Å². The van der Waals surface area contributed by atoms with Gasteiger partial charge >= 0.3 is 11.9 Å². The van der Waals surface area contributed by atoms with E-state index in [2.05, 4.69) is 15.0 Å². The Balaban J connectivity index is 1.85. The van der Waals surface area contributed by atoms with Crippen molar-refractivity contribution in [3.8, 4) is 0 Å². The lowest BCUT2D eigenvalue weighted by Crippen LogP contribution is -2.29. The van der Waals surface area contributed by atoms with Crippen LogP contribution in [0.25, 0.3) is 0 Å². The number of ether oxygens (including phenoxy) is 2. The largest absolute Gasteiger partial charge is 0.467 e. The van der Waals surface area contributed by atoms with Gasteiger partial charge in [0, 0.05) is 11.9 Å². The summed E-state index contributed by atoms with van der Waals surface area (Å²) in [6.07, 6.45) is 2.18. The minimum atomic E-state index is -0.597. The third-order valence-electron chi connectivity index (χ3n) is 4.25. The first-order chi connectivity index (χ1) is 13.8. The van der Waals surface area contributed by atoms with Gasteiger partial charge in [-0.05, 0) is 32.8 Å². The zero-order valence-corrected chi connectivity index (χ0v) is 17.8. The van der Waals surface area contributed by atoms with Gasteiger partial charge in [0.1, 0.15) is 28.1 Å². The smallest absolute Gasteiger partial charge is 0.331 e. The molecule has 1 aromatic heterocycles. The van der Waals surface area contributed by atoms with Crippen molar-refractivity contribution in [1.82, 2.24) is 9.97 Å². The Morgan fingerprint density at radius 3 is 2.66 bits per heavy atom. The van der Waals surface area contributed by atoms with E-state index in [1.165, 1.54) is 18.9 Å². The summed E-state index contributed by atoms with van der Waals surface area (Å²) in [5, 5.41) is 0.658. The van der Waals surface area contributed by atoms with Crippen molar-refractivity contribution in [2.24, 2.45) is 4.99 Å². The summed E-state index contributed by atoms with van der Waals surface area (Å²) in [5.74, 6) is -0.240. The molecule has 2 atom stereocenters. The fourth-order valence-electron chi connectivity index (χ4n) is 2.91. The highest BCUT2D eigenvalue weighted by atomic mass is 32.2. The summed E-state index contributed by atoms with van der Waals surface area (Å²) in [6, 6.07) is 9.23. The highest BCUT2D eigenvalue weighted by Crippen LogP contribution is 2.27. The number of esters is 2. The van der Waals surface area contributed by atoms with Crippen molar-refractivity contribution >= 4 is 28.7 Å². The molecule has 1 N–H and O–H groups in total. The van der Waals surface area contributed by atoms with Gasteiger partial charge in [0.05, 0.1) is 7.11 Å². The van der Waals surface area contributed by atoms with Crippen LogP contribution in [0.1, 0.15) is 43.8 Å². The number of nitrogens with zero attached hydrogens (tertiary/aromatic N) is 2. The van der Waals surface area contributed by atoms with Gasteiger partial charge in [-0.25, -0.2) is 9.78 Å². The third kappa shape index (κ3) is 5.47. The van der Waals surface area contributed by atoms with Gasteiger partial charge in [0.2, 0.25) is 0 Å². The van der Waals surface area contributed by atoms with Crippen molar-refractivity contribution < 1.29 is 19.1 Å². The minimum Gasteiger partial charge on any atom is -0.467 e. The van der Waals surface area contributed by atoms with Gasteiger partial charge in [-0.15, -0.1) is 11.8 Å². The number of nitrogens with one attached hydrogen (secondary N) is 1. The number of methoxy groups -OCH3 is 1. The van der Waals surface area contributed by atoms with E-state index in [0.29, 0.717) is 28.7 Å². The summed E-state index contributed by atoms with van der Waals surface area (Å²) < 4.78 is 10.4. The molecular formula is C21H25N3O4S. The monoisotopic (exact) mass is 415 g/mol. The Labute approximate surface area is 174 Å². The number of benzene rings is 1. The van der Waals surface area contributed by atoms with Crippen molar-refractivity contribution in [3.05, 3.63) is 53.6 Å². The van der Waals surface area contributed by atoms with Gasteiger partial charge in [-0.1, -0.05) is 30.3 Å². The van der Waals surface area contributed by atoms with Gasteiger partial charge < -0.3 is 14.5 Å². The van der Waals surface area contributed by atoms with Crippen LogP contribution in [-0.2, 0) is 25.5 Å². The van der Waals surface area contributed by atoms with Gasteiger partial charge in [0.25, 0.3) is 0 Å². The molecule has 2 heterocycles. The topological polar surface area (TPSA) is 93.6 Å². The Kier molecular flexibility index (Phi) is 6.42. The first-order valence-corrected chi connectivity index (χ1v) is 10.4. The molecule has 7 nitrogen and oxygen atoms in total. The maximum absolute atomic E-state index is 12.9. The first-order valence-electron chi connectivity index (χ1n) is 9.37. The molecular weight excluding hydrogens is 390 g/mol. The van der Waals surface area contributed by atoms with Gasteiger partial charge in [-0.3, -0.25) is 9.79 Å². The lowest BCUT2D eigenvalue weighted by Gasteiger charge is -2.23. The van der Waals surface area contributed by atoms with E-state index < -0.39 is 17.6 Å². The molecule has 0 aliphatic carbocycles. The Morgan fingerprint density at radius 1 is 1.28 bits per heavy atom. The Morgan fingerprint density at radius 2 is 2.00 bits per heavy atom. The minimum absolute atomic E-state index is 0.337. The lowest BCUT2D eigenvalue weighted by atomic mass is 9.98. The number of hydrogen-bond acceptors (Lipinski definition) is 7. The molecule has 1 aliphatic rings. The number of hydrogen-bond donors (Lipinski definition) is 1. The van der Waals surface area contributed by atoms with E-state index in [1.54, 1.807) is 6.20 Å². The number of aromatic amines is 1. The van der Waals surface area contributed by atoms with E-state index in [4.69, 9.17) is 9.47 Å². The van der Waals surface area contributed by atoms with Crippen LogP contribution in [0.4, 0.5) is 0 Å². The van der Waals surface area contributed by atoms with E-state index in [9.17, 15) is 9.59 Å². The number of aromatic nitrogens is 2. The number of rotatable bonds is 6. The first kappa shape index (κ1) is 21.1. The van der Waals surface area contributed by atoms with Crippen LogP contribution in [0.2, 0.25) is 0 Å². The van der Waals surface area contributed by atoms with Crippen LogP contribution in [-0.4, -0.2) is 51.5 Å². The molecule has 0 saturated carbocycles. The van der Waals surface area contributed by atoms with Crippen LogP contribution in [0.15, 0.2) is 41.5 Å². The van der Waals surface area contributed by atoms with Crippen LogP contribution < -0.4 is 0 Å². The summed E-state index contributed by atoms with van der Waals surface area (Å²) in [6.45, 7) is 5.53. The maximum Gasteiger partial charge on any atom is 0.331 e. The molecule has 0 radical (unpaired) electrons. The second-order valence-corrected chi connectivity index (χ2v) is 8.74. The molecule has 8 heteroatoms. The maximum atomic E-state index is 12.9. The fraction of sp³-hybridized carbons (Fsp3) is 0.429. The molecule has 3 rings (SSSR count). The van der Waals surface area contributed by atoms with E-state index >= 15 is 0 Å². The number of thioether (sulfide) groups is 1.